The summed E-state index contributed by atoms with van der Waals surface area (Å²) in [5, 5.41) is 0. The number of para-hydroxylation sites is 2. The second-order valence-corrected chi connectivity index (χ2v) is 22.0. The molecule has 1 aromatic heterocycles. The summed E-state index contributed by atoms with van der Waals surface area (Å²) in [6, 6.07) is 80.6. The van der Waals surface area contributed by atoms with Crippen molar-refractivity contribution in [1.29, 1.82) is 0 Å². The molecule has 0 saturated heterocycles. The number of fused-ring (bicyclic) bond motifs is 15. The predicted molar refractivity (Wildman–Crippen MR) is 298 cm³/mol. The van der Waals surface area contributed by atoms with Crippen LogP contribution in [0.4, 0.5) is 34.1 Å². The fraction of sp³-hybridized carbons (Fsp3) is 0.121. The molecule has 0 radical (unpaired) electrons. The van der Waals surface area contributed by atoms with Gasteiger partial charge in [0.2, 0.25) is 0 Å². The molecule has 9 aromatic carbocycles. The van der Waals surface area contributed by atoms with Crippen molar-refractivity contribution in [1.82, 2.24) is 0 Å². The van der Waals surface area contributed by atoms with Crippen LogP contribution in [0.25, 0.3) is 44.5 Å². The van der Waals surface area contributed by atoms with E-state index in [1.54, 1.807) is 0 Å². The molecule has 2 aliphatic heterocycles. The van der Waals surface area contributed by atoms with Crippen LogP contribution in [0.2, 0.25) is 0 Å². The van der Waals surface area contributed by atoms with Crippen molar-refractivity contribution >= 4 is 67.9 Å². The van der Waals surface area contributed by atoms with Gasteiger partial charge >= 0.3 is 0 Å². The molecule has 70 heavy (non-hydrogen) atoms. The number of thiophene rings is 1. The van der Waals surface area contributed by atoms with Gasteiger partial charge in [-0.05, 0) is 131 Å². The third kappa shape index (κ3) is 5.69. The van der Waals surface area contributed by atoms with Crippen molar-refractivity contribution in [3.05, 3.63) is 245 Å². The second-order valence-electron chi connectivity index (χ2n) is 21.0. The standard InChI is InChI=1S/C66H51BN2S/c1-41(2)44-38-58-61-59(39-44)69(47-25-13-8-14-26-47)62-60-51-29-17-20-32-55(51)66(53-30-18-15-27-49(53)50-28-16-19-31-54(50)66)63(60)70-64(62)67(61)56-36-33-43(37-57(56)68(58)46-23-11-7-12-24-46)52-40-45(65(3,4)5)34-35-48(52)42-21-9-6-10-22-42/h6-41H,1-5H3. The van der Waals surface area contributed by atoms with Gasteiger partial charge in [-0.1, -0.05) is 204 Å². The molecule has 0 unspecified atom stereocenters. The summed E-state index contributed by atoms with van der Waals surface area (Å²) in [6.07, 6.45) is 0. The Balaban J connectivity index is 1.11. The molecule has 4 heteroatoms. The third-order valence-electron chi connectivity index (χ3n) is 15.8. The Morgan fingerprint density at radius 3 is 1.63 bits per heavy atom. The highest BCUT2D eigenvalue weighted by atomic mass is 32.1. The summed E-state index contributed by atoms with van der Waals surface area (Å²) in [6.45, 7) is 11.6. The van der Waals surface area contributed by atoms with Crippen molar-refractivity contribution in [3.8, 4) is 44.5 Å². The van der Waals surface area contributed by atoms with Crippen LogP contribution >= 0.6 is 11.3 Å². The lowest BCUT2D eigenvalue weighted by Gasteiger charge is -2.44. The maximum Gasteiger partial charge on any atom is 0.264 e. The Hall–Kier alpha value is -7.66. The lowest BCUT2D eigenvalue weighted by atomic mass is 9.36. The van der Waals surface area contributed by atoms with E-state index in [1.165, 1.54) is 121 Å². The number of rotatable bonds is 5. The van der Waals surface area contributed by atoms with E-state index in [9.17, 15) is 0 Å². The van der Waals surface area contributed by atoms with E-state index in [4.69, 9.17) is 0 Å². The van der Waals surface area contributed by atoms with Gasteiger partial charge in [-0.15, -0.1) is 11.3 Å². The predicted octanol–water partition coefficient (Wildman–Crippen LogP) is 15.9. The van der Waals surface area contributed by atoms with Gasteiger partial charge in [0.15, 0.2) is 0 Å². The van der Waals surface area contributed by atoms with Crippen molar-refractivity contribution in [2.75, 3.05) is 9.80 Å². The summed E-state index contributed by atoms with van der Waals surface area (Å²) >= 11 is 2.06. The zero-order valence-electron chi connectivity index (χ0n) is 40.2. The molecule has 1 spiro atoms. The maximum atomic E-state index is 2.65. The molecule has 0 saturated carbocycles. The average molecular weight is 915 g/mol. The lowest BCUT2D eigenvalue weighted by molar-refractivity contribution is 0.590. The molecule has 4 aliphatic rings. The Bertz CT molecular complexity index is 3700. The molecule has 0 bridgehead atoms. The minimum atomic E-state index is -0.453. The second kappa shape index (κ2) is 15.2. The zero-order chi connectivity index (χ0) is 47.0. The largest absolute Gasteiger partial charge is 0.311 e. The van der Waals surface area contributed by atoms with E-state index >= 15 is 0 Å². The van der Waals surface area contributed by atoms with Crippen LogP contribution < -0.4 is 25.5 Å². The summed E-state index contributed by atoms with van der Waals surface area (Å²) in [5.41, 5.74) is 26.7. The summed E-state index contributed by atoms with van der Waals surface area (Å²) in [5.74, 6) is 0.293. The van der Waals surface area contributed by atoms with Crippen LogP contribution in [0.1, 0.15) is 73.2 Å². The topological polar surface area (TPSA) is 6.48 Å². The van der Waals surface area contributed by atoms with Gasteiger partial charge < -0.3 is 9.80 Å². The Morgan fingerprint density at radius 2 is 1.01 bits per heavy atom. The molecule has 10 aromatic rings. The van der Waals surface area contributed by atoms with Crippen LogP contribution in [-0.2, 0) is 10.8 Å². The van der Waals surface area contributed by atoms with E-state index < -0.39 is 5.41 Å². The quantitative estimate of drug-likeness (QED) is 0.159. The van der Waals surface area contributed by atoms with Crippen LogP contribution in [-0.4, -0.2) is 6.71 Å². The fourth-order valence-corrected chi connectivity index (χ4v) is 14.2. The highest BCUT2D eigenvalue weighted by Gasteiger charge is 2.56. The van der Waals surface area contributed by atoms with Crippen LogP contribution in [0.3, 0.4) is 0 Å². The average Bonchev–Trinajstić information content (AvgIpc) is 4.03. The maximum absolute atomic E-state index is 2.65. The molecular formula is C66H51BN2S. The first-order valence-electron chi connectivity index (χ1n) is 24.9. The number of benzene rings is 9. The highest BCUT2D eigenvalue weighted by molar-refractivity contribution is 7.30. The summed E-state index contributed by atoms with van der Waals surface area (Å²) in [4.78, 5) is 6.66. The minimum Gasteiger partial charge on any atom is -0.311 e. The molecule has 2 nitrogen and oxygen atoms in total. The van der Waals surface area contributed by atoms with Gasteiger partial charge in [0.1, 0.15) is 0 Å². The van der Waals surface area contributed by atoms with E-state index in [0.29, 0.717) is 5.92 Å². The monoisotopic (exact) mass is 914 g/mol. The van der Waals surface area contributed by atoms with E-state index in [-0.39, 0.29) is 12.1 Å². The van der Waals surface area contributed by atoms with Crippen molar-refractivity contribution in [2.45, 2.75) is 51.4 Å². The van der Waals surface area contributed by atoms with Crippen LogP contribution in [0.15, 0.2) is 212 Å². The molecule has 3 heterocycles. The van der Waals surface area contributed by atoms with Gasteiger partial charge in [-0.2, -0.15) is 0 Å². The highest BCUT2D eigenvalue weighted by Crippen LogP contribution is 2.67. The first-order valence-corrected chi connectivity index (χ1v) is 25.7. The van der Waals surface area contributed by atoms with Crippen molar-refractivity contribution in [2.24, 2.45) is 0 Å². The van der Waals surface area contributed by atoms with E-state index in [0.717, 1.165) is 5.69 Å². The van der Waals surface area contributed by atoms with E-state index in [2.05, 4.69) is 268 Å². The SMILES string of the molecule is CC(C)c1cc2c3c(c1)N(c1ccccc1)c1c(sc4c1-c1ccccc1C41c4ccccc4-c4ccccc41)B3c1ccc(-c3cc(C(C)(C)C)ccc3-c3ccccc3)cc1N2c1ccccc1. The van der Waals surface area contributed by atoms with Gasteiger partial charge in [-0.3, -0.25) is 0 Å². The van der Waals surface area contributed by atoms with Crippen molar-refractivity contribution in [3.63, 3.8) is 0 Å². The number of hydrogen-bond donors (Lipinski definition) is 0. The fourth-order valence-electron chi connectivity index (χ4n) is 12.6. The van der Waals surface area contributed by atoms with Gasteiger partial charge in [0, 0.05) is 43.7 Å². The van der Waals surface area contributed by atoms with Crippen molar-refractivity contribution < 1.29 is 0 Å². The van der Waals surface area contributed by atoms with Gasteiger partial charge in [0.25, 0.3) is 6.71 Å². The Morgan fingerprint density at radius 1 is 0.471 bits per heavy atom. The smallest absolute Gasteiger partial charge is 0.264 e. The first kappa shape index (κ1) is 41.3. The molecule has 334 valence electrons. The molecule has 2 aliphatic carbocycles. The molecule has 0 N–H and O–H groups in total. The molecule has 0 fully saturated rings. The molecular weight excluding hydrogens is 864 g/mol. The third-order valence-corrected chi connectivity index (χ3v) is 17.1. The minimum absolute atomic E-state index is 0.0180. The normalized spacial score (nSPS) is 14.2. The van der Waals surface area contributed by atoms with Gasteiger partial charge in [0.05, 0.1) is 11.1 Å². The Labute approximate surface area is 416 Å². The first-order chi connectivity index (χ1) is 34.2. The zero-order valence-corrected chi connectivity index (χ0v) is 41.0. The van der Waals surface area contributed by atoms with E-state index in [1.807, 2.05) is 0 Å². The lowest BCUT2D eigenvalue weighted by Crippen LogP contribution is -2.60. The van der Waals surface area contributed by atoms with Crippen LogP contribution in [0.5, 0.6) is 0 Å². The molecule has 0 amide bonds. The molecule has 14 rings (SSSR count). The number of anilines is 6. The molecule has 0 atom stereocenters. The summed E-state index contributed by atoms with van der Waals surface area (Å²) < 4.78 is 1.40. The Kier molecular flexibility index (Phi) is 8.96. The summed E-state index contributed by atoms with van der Waals surface area (Å²) in [7, 11) is 0. The van der Waals surface area contributed by atoms with Crippen LogP contribution in [0, 0.1) is 0 Å². The number of nitrogens with zero attached hydrogens (tertiary/aromatic N) is 2. The number of hydrogen-bond acceptors (Lipinski definition) is 3. The van der Waals surface area contributed by atoms with Gasteiger partial charge in [-0.25, -0.2) is 0 Å².